The van der Waals surface area contributed by atoms with Gasteiger partial charge in [0.05, 0.1) is 27.1 Å². The molecule has 0 N–H and O–H groups in total. The number of anilines is 2. The Kier molecular flexibility index (Phi) is 5.74. The summed E-state index contributed by atoms with van der Waals surface area (Å²) in [6.07, 6.45) is 0. The molecule has 1 aliphatic heterocycles. The van der Waals surface area contributed by atoms with Crippen molar-refractivity contribution in [3.8, 4) is 22.4 Å². The van der Waals surface area contributed by atoms with E-state index in [2.05, 4.69) is 160 Å². The first-order valence-corrected chi connectivity index (χ1v) is 17.3. The highest BCUT2D eigenvalue weighted by atomic mass is 32.1. The Morgan fingerprint density at radius 2 is 1.27 bits per heavy atom. The highest BCUT2D eigenvalue weighted by Gasteiger charge is 2.44. The molecule has 10 rings (SSSR count). The predicted octanol–water partition coefficient (Wildman–Crippen LogP) is 10.3. The third-order valence-corrected chi connectivity index (χ3v) is 11.4. The van der Waals surface area contributed by atoms with Crippen LogP contribution in [0.15, 0.2) is 133 Å². The van der Waals surface area contributed by atoms with E-state index >= 15 is 0 Å². The van der Waals surface area contributed by atoms with Crippen LogP contribution < -0.4 is 10.4 Å². The predicted molar refractivity (Wildman–Crippen MR) is 208 cm³/mol. The van der Waals surface area contributed by atoms with Crippen LogP contribution in [-0.2, 0) is 5.54 Å². The monoisotopic (exact) mass is 631 g/mol. The van der Waals surface area contributed by atoms with Crippen LogP contribution in [0.25, 0.3) is 75.0 Å². The minimum Gasteiger partial charge on any atom is -0.299 e. The summed E-state index contributed by atoms with van der Waals surface area (Å²) in [6, 6.07) is 48.0. The second-order valence-electron chi connectivity index (χ2n) is 13.4. The van der Waals surface area contributed by atoms with Crippen LogP contribution in [0, 0.1) is 0 Å². The SMILES string of the molecule is Bc1cc2ccccc2c2c1C(C)(C)N(c1nc(-c3ccccc3)c3ccccc3n1)c1c-2c2ccccc2c2c1sc1ccccc12. The maximum Gasteiger partial charge on any atom is 0.231 e. The molecule has 0 radical (unpaired) electrons. The Hall–Kier alpha value is -5.52. The van der Waals surface area contributed by atoms with E-state index in [1.165, 1.54) is 69.6 Å². The van der Waals surface area contributed by atoms with Gasteiger partial charge in [0.2, 0.25) is 5.95 Å². The fraction of sp³-hybridized carbons (Fsp3) is 0.0698. The normalized spacial score (nSPS) is 13.8. The Balaban J connectivity index is 1.44. The van der Waals surface area contributed by atoms with Crippen LogP contribution in [0.3, 0.4) is 0 Å². The molecule has 2 aromatic heterocycles. The van der Waals surface area contributed by atoms with Crippen molar-refractivity contribution in [2.45, 2.75) is 19.4 Å². The molecule has 0 saturated carbocycles. The van der Waals surface area contributed by atoms with E-state index in [-0.39, 0.29) is 0 Å². The zero-order valence-electron chi connectivity index (χ0n) is 27.0. The van der Waals surface area contributed by atoms with E-state index in [0.29, 0.717) is 5.95 Å². The maximum atomic E-state index is 5.51. The molecule has 0 saturated heterocycles. The molecule has 0 fully saturated rings. The zero-order chi connectivity index (χ0) is 32.1. The third kappa shape index (κ3) is 3.71. The minimum atomic E-state index is -0.488. The molecule has 7 aromatic carbocycles. The quantitative estimate of drug-likeness (QED) is 0.178. The summed E-state index contributed by atoms with van der Waals surface area (Å²) in [5.74, 6) is 0.714. The standard InChI is InChI=1S/C43H30BN3S/c1-43(2)38-32(44)24-26-16-6-7-17-27(26)36(38)37-29-19-9-8-18-28(29)35-31-21-11-13-23-34(31)48-41(35)40(37)47(43)42-45-33-22-12-10-20-30(33)39(46-42)25-14-4-3-5-15-25/h3-24H,44H2,1-2H3. The summed E-state index contributed by atoms with van der Waals surface area (Å²) in [4.78, 5) is 13.4. The van der Waals surface area contributed by atoms with E-state index in [1.807, 2.05) is 11.3 Å². The number of hydrogen-bond acceptors (Lipinski definition) is 4. The lowest BCUT2D eigenvalue weighted by atomic mass is 9.70. The van der Waals surface area contributed by atoms with Crippen LogP contribution in [0.5, 0.6) is 0 Å². The molecule has 0 spiro atoms. The number of para-hydroxylation sites is 1. The summed E-state index contributed by atoms with van der Waals surface area (Å²) in [5.41, 5.74) is 8.84. The number of rotatable bonds is 2. The highest BCUT2D eigenvalue weighted by Crippen LogP contribution is 2.59. The molecule has 1 aliphatic rings. The maximum absolute atomic E-state index is 5.51. The molecule has 48 heavy (non-hydrogen) atoms. The topological polar surface area (TPSA) is 29.0 Å². The number of thiophene rings is 1. The Labute approximate surface area is 283 Å². The van der Waals surface area contributed by atoms with Gasteiger partial charge in [0.25, 0.3) is 0 Å². The van der Waals surface area contributed by atoms with Gasteiger partial charge in [-0.3, -0.25) is 4.90 Å². The summed E-state index contributed by atoms with van der Waals surface area (Å²) in [5, 5.41) is 8.72. The smallest absolute Gasteiger partial charge is 0.231 e. The molecular weight excluding hydrogens is 601 g/mol. The van der Waals surface area contributed by atoms with Crippen LogP contribution in [0.2, 0.25) is 0 Å². The molecule has 0 aliphatic carbocycles. The second-order valence-corrected chi connectivity index (χ2v) is 14.4. The van der Waals surface area contributed by atoms with Gasteiger partial charge in [0.15, 0.2) is 0 Å². The number of hydrogen-bond donors (Lipinski definition) is 0. The Morgan fingerprint density at radius 1 is 0.625 bits per heavy atom. The molecule has 0 bridgehead atoms. The summed E-state index contributed by atoms with van der Waals surface area (Å²) in [6.45, 7) is 4.71. The van der Waals surface area contributed by atoms with Gasteiger partial charge >= 0.3 is 0 Å². The number of aromatic nitrogens is 2. The van der Waals surface area contributed by atoms with Gasteiger partial charge < -0.3 is 0 Å². The van der Waals surface area contributed by atoms with Crippen molar-refractivity contribution in [3.05, 3.63) is 139 Å². The van der Waals surface area contributed by atoms with Crippen LogP contribution in [-0.4, -0.2) is 17.8 Å². The molecule has 9 aromatic rings. The largest absolute Gasteiger partial charge is 0.299 e. The number of benzene rings is 7. The Bertz CT molecular complexity index is 2780. The molecular formula is C43H30BN3S. The average molecular weight is 632 g/mol. The molecule has 5 heteroatoms. The second kappa shape index (κ2) is 9.99. The first-order chi connectivity index (χ1) is 23.5. The minimum absolute atomic E-state index is 0.488. The van der Waals surface area contributed by atoms with Crippen molar-refractivity contribution < 1.29 is 0 Å². The van der Waals surface area contributed by atoms with Gasteiger partial charge in [0, 0.05) is 32.0 Å². The first kappa shape index (κ1) is 27.6. The van der Waals surface area contributed by atoms with Gasteiger partial charge in [0.1, 0.15) is 7.85 Å². The fourth-order valence-corrected chi connectivity index (χ4v) is 9.62. The lowest BCUT2D eigenvalue weighted by Gasteiger charge is -2.47. The van der Waals surface area contributed by atoms with Crippen molar-refractivity contribution in [3.63, 3.8) is 0 Å². The number of fused-ring (bicyclic) bond motifs is 13. The van der Waals surface area contributed by atoms with Crippen molar-refractivity contribution in [2.75, 3.05) is 4.90 Å². The summed E-state index contributed by atoms with van der Waals surface area (Å²) in [7, 11) is 2.27. The van der Waals surface area contributed by atoms with Crippen LogP contribution in [0.1, 0.15) is 19.4 Å². The highest BCUT2D eigenvalue weighted by molar-refractivity contribution is 7.26. The van der Waals surface area contributed by atoms with Crippen molar-refractivity contribution in [1.29, 1.82) is 0 Å². The van der Waals surface area contributed by atoms with Crippen molar-refractivity contribution in [1.82, 2.24) is 9.97 Å². The zero-order valence-corrected chi connectivity index (χ0v) is 27.8. The molecule has 0 atom stereocenters. The van der Waals surface area contributed by atoms with Gasteiger partial charge in [-0.2, -0.15) is 0 Å². The van der Waals surface area contributed by atoms with E-state index in [1.54, 1.807) is 0 Å². The summed E-state index contributed by atoms with van der Waals surface area (Å²) >= 11 is 1.88. The van der Waals surface area contributed by atoms with Crippen molar-refractivity contribution in [2.24, 2.45) is 0 Å². The molecule has 226 valence electrons. The lowest BCUT2D eigenvalue weighted by molar-refractivity contribution is 0.529. The Morgan fingerprint density at radius 3 is 2.08 bits per heavy atom. The van der Waals surface area contributed by atoms with Gasteiger partial charge in [-0.15, -0.1) is 11.3 Å². The van der Waals surface area contributed by atoms with Gasteiger partial charge in [-0.25, -0.2) is 9.97 Å². The van der Waals surface area contributed by atoms with E-state index in [4.69, 9.17) is 9.97 Å². The van der Waals surface area contributed by atoms with Gasteiger partial charge in [-0.1, -0.05) is 127 Å². The van der Waals surface area contributed by atoms with Gasteiger partial charge in [-0.05, 0) is 58.7 Å². The lowest BCUT2D eigenvalue weighted by Crippen LogP contribution is -2.45. The van der Waals surface area contributed by atoms with Crippen molar-refractivity contribution >= 4 is 88.9 Å². The average Bonchev–Trinajstić information content (AvgIpc) is 3.51. The fourth-order valence-electron chi connectivity index (χ4n) is 8.36. The molecule has 3 heterocycles. The first-order valence-electron chi connectivity index (χ1n) is 16.5. The number of nitrogens with zero attached hydrogens (tertiary/aromatic N) is 3. The summed E-state index contributed by atoms with van der Waals surface area (Å²) < 4.78 is 2.56. The molecule has 0 unspecified atom stereocenters. The van der Waals surface area contributed by atoms with E-state index in [9.17, 15) is 0 Å². The van der Waals surface area contributed by atoms with Crippen LogP contribution >= 0.6 is 11.3 Å². The van der Waals surface area contributed by atoms with E-state index in [0.717, 1.165) is 22.2 Å². The van der Waals surface area contributed by atoms with E-state index < -0.39 is 5.54 Å². The molecule has 0 amide bonds. The van der Waals surface area contributed by atoms with Crippen LogP contribution in [0.4, 0.5) is 11.6 Å². The third-order valence-electron chi connectivity index (χ3n) is 10.2. The molecule has 3 nitrogen and oxygen atoms in total.